The van der Waals surface area contributed by atoms with Crippen LogP contribution in [-0.4, -0.2) is 40.8 Å². The van der Waals surface area contributed by atoms with Crippen molar-refractivity contribution in [2.24, 2.45) is 9.98 Å². The number of aliphatic imine (C=N–C) groups is 2. The van der Waals surface area contributed by atoms with E-state index in [0.717, 1.165) is 29.3 Å². The molecule has 0 aliphatic rings. The number of rotatable bonds is 12. The zero-order chi connectivity index (χ0) is 20.3. The minimum atomic E-state index is -0.360. The molecule has 5 heteroatoms. The Balaban J connectivity index is 2.73. The lowest BCUT2D eigenvalue weighted by molar-refractivity contribution is -0.116. The Hall–Kier alpha value is -1.75. The topological polar surface area (TPSA) is 58.9 Å². The van der Waals surface area contributed by atoms with Crippen LogP contribution < -0.4 is 0 Å². The van der Waals surface area contributed by atoms with Crippen LogP contribution in [0.5, 0.6) is 0 Å². The van der Waals surface area contributed by atoms with Crippen molar-refractivity contribution in [2.45, 2.75) is 65.2 Å². The minimum Gasteiger partial charge on any atom is -0.300 e. The molecule has 0 spiro atoms. The number of hydrogen-bond donors (Lipinski definition) is 0. The van der Waals surface area contributed by atoms with Gasteiger partial charge in [0.1, 0.15) is 11.6 Å². The van der Waals surface area contributed by atoms with Crippen molar-refractivity contribution >= 4 is 34.8 Å². The predicted octanol–water partition coefficient (Wildman–Crippen LogP) is 4.95. The Morgan fingerprint density at radius 3 is 2.15 bits per heavy atom. The van der Waals surface area contributed by atoms with E-state index in [2.05, 4.69) is 36.2 Å². The summed E-state index contributed by atoms with van der Waals surface area (Å²) in [4.78, 5) is 32.1. The molecule has 1 atom stereocenters. The van der Waals surface area contributed by atoms with Crippen molar-refractivity contribution in [3.05, 3.63) is 35.9 Å². The van der Waals surface area contributed by atoms with Gasteiger partial charge in [-0.05, 0) is 52.4 Å². The average Bonchev–Trinajstić information content (AvgIpc) is 2.57. The third-order valence-corrected chi connectivity index (χ3v) is 5.09. The van der Waals surface area contributed by atoms with Gasteiger partial charge in [0, 0.05) is 30.0 Å². The molecule has 0 saturated heterocycles. The first-order chi connectivity index (χ1) is 12.7. The molecule has 1 unspecified atom stereocenters. The van der Waals surface area contributed by atoms with E-state index in [0.29, 0.717) is 19.4 Å². The van der Waals surface area contributed by atoms with Gasteiger partial charge in [-0.25, -0.2) is 0 Å². The van der Waals surface area contributed by atoms with Gasteiger partial charge in [0.2, 0.25) is 0 Å². The van der Waals surface area contributed by atoms with Crippen molar-refractivity contribution in [2.75, 3.05) is 12.3 Å². The summed E-state index contributed by atoms with van der Waals surface area (Å²) in [7, 11) is 0. The zero-order valence-electron chi connectivity index (χ0n) is 17.2. The lowest BCUT2D eigenvalue weighted by Crippen LogP contribution is -2.29. The molecule has 27 heavy (non-hydrogen) atoms. The summed E-state index contributed by atoms with van der Waals surface area (Å²) in [5.41, 5.74) is 2.64. The third kappa shape index (κ3) is 10.9. The van der Waals surface area contributed by atoms with Crippen LogP contribution in [0.25, 0.3) is 0 Å². The van der Waals surface area contributed by atoms with E-state index in [-0.39, 0.29) is 17.1 Å². The van der Waals surface area contributed by atoms with Crippen molar-refractivity contribution in [1.82, 2.24) is 0 Å². The number of thioether (sulfide) groups is 1. The Morgan fingerprint density at radius 1 is 0.963 bits per heavy atom. The predicted molar refractivity (Wildman–Crippen MR) is 117 cm³/mol. The fourth-order valence-electron chi connectivity index (χ4n) is 2.81. The fraction of sp³-hybridized carbons (Fsp3) is 0.545. The summed E-state index contributed by atoms with van der Waals surface area (Å²) in [6.07, 6.45) is 1.63. The number of hydrogen-bond acceptors (Lipinski definition) is 5. The zero-order valence-corrected chi connectivity index (χ0v) is 18.1. The highest BCUT2D eigenvalue weighted by molar-refractivity contribution is 7.98. The van der Waals surface area contributed by atoms with Gasteiger partial charge in [-0.15, -0.1) is 0 Å². The number of carbonyl (C=O) groups excluding carboxylic acids is 2. The van der Waals surface area contributed by atoms with Gasteiger partial charge in [0.25, 0.3) is 0 Å². The average molecular weight is 389 g/mol. The Bertz CT molecular complexity index is 683. The molecule has 0 aliphatic carbocycles. The van der Waals surface area contributed by atoms with Crippen molar-refractivity contribution in [3.63, 3.8) is 0 Å². The first-order valence-electron chi connectivity index (χ1n) is 9.36. The second-order valence-electron chi connectivity index (χ2n) is 7.44. The molecule has 4 nitrogen and oxygen atoms in total. The van der Waals surface area contributed by atoms with Gasteiger partial charge in [0.05, 0.1) is 12.1 Å². The molecule has 1 aromatic rings. The maximum atomic E-state index is 11.4. The molecule has 148 valence electrons. The Morgan fingerprint density at radius 2 is 1.56 bits per heavy atom. The summed E-state index contributed by atoms with van der Waals surface area (Å²) in [6, 6.07) is 10.4. The number of carbonyl (C=O) groups is 2. The first-order valence-corrected chi connectivity index (χ1v) is 10.5. The molecule has 0 aromatic heterocycles. The van der Waals surface area contributed by atoms with Gasteiger partial charge in [-0.2, -0.15) is 11.8 Å². The molecule has 0 amide bonds. The number of nitrogens with zero attached hydrogens (tertiary/aromatic N) is 2. The largest absolute Gasteiger partial charge is 0.300 e. The van der Waals surface area contributed by atoms with Crippen LogP contribution in [0, 0.1) is 0 Å². The van der Waals surface area contributed by atoms with Crippen molar-refractivity contribution < 1.29 is 9.59 Å². The molecule has 0 saturated carbocycles. The van der Waals surface area contributed by atoms with Crippen LogP contribution in [0.4, 0.5) is 0 Å². The monoisotopic (exact) mass is 388 g/mol. The van der Waals surface area contributed by atoms with Crippen LogP contribution >= 0.6 is 11.8 Å². The molecule has 0 N–H and O–H groups in total. The smallest absolute Gasteiger partial charge is 0.135 e. The summed E-state index contributed by atoms with van der Waals surface area (Å²) < 4.78 is 0. The van der Waals surface area contributed by atoms with Gasteiger partial charge < -0.3 is 0 Å². The number of Topliss-reactive ketones (excluding diaryl/α,β-unsaturated/α-hetero) is 2. The van der Waals surface area contributed by atoms with Gasteiger partial charge in [0.15, 0.2) is 0 Å². The number of ketones is 2. The minimum absolute atomic E-state index is 0.118. The summed E-state index contributed by atoms with van der Waals surface area (Å²) in [6.45, 7) is 9.58. The van der Waals surface area contributed by atoms with E-state index in [9.17, 15) is 9.59 Å². The molecule has 0 aliphatic heterocycles. The fourth-order valence-corrected chi connectivity index (χ4v) is 3.97. The normalized spacial score (nSPS) is 14.7. The highest BCUT2D eigenvalue weighted by Crippen LogP contribution is 2.22. The highest BCUT2D eigenvalue weighted by atomic mass is 32.2. The SMILES string of the molecule is CC(=O)CC(C)=NCC(C)(CCSCc1ccccc1)N=C(C)CC(C)=O. The van der Waals surface area contributed by atoms with Crippen molar-refractivity contribution in [3.8, 4) is 0 Å². The Kier molecular flexibility index (Phi) is 10.2. The summed E-state index contributed by atoms with van der Waals surface area (Å²) >= 11 is 1.88. The molecule has 1 rings (SSSR count). The van der Waals surface area contributed by atoms with E-state index >= 15 is 0 Å². The number of benzene rings is 1. The molecule has 0 radical (unpaired) electrons. The van der Waals surface area contributed by atoms with Gasteiger partial charge in [-0.3, -0.25) is 19.6 Å². The van der Waals surface area contributed by atoms with E-state index in [4.69, 9.17) is 4.99 Å². The second kappa shape index (κ2) is 11.9. The van der Waals surface area contributed by atoms with Crippen LogP contribution in [0.15, 0.2) is 40.3 Å². The Labute approximate surface area is 168 Å². The van der Waals surface area contributed by atoms with E-state index in [1.807, 2.05) is 31.7 Å². The van der Waals surface area contributed by atoms with Crippen LogP contribution in [0.1, 0.15) is 59.4 Å². The highest BCUT2D eigenvalue weighted by Gasteiger charge is 2.23. The van der Waals surface area contributed by atoms with Crippen LogP contribution in [0.2, 0.25) is 0 Å². The quantitative estimate of drug-likeness (QED) is 0.376. The molecular formula is C22H32N2O2S. The molecule has 0 bridgehead atoms. The first kappa shape index (κ1) is 23.3. The molecular weight excluding hydrogens is 356 g/mol. The maximum Gasteiger partial charge on any atom is 0.135 e. The maximum absolute atomic E-state index is 11.4. The van der Waals surface area contributed by atoms with E-state index < -0.39 is 0 Å². The second-order valence-corrected chi connectivity index (χ2v) is 8.55. The van der Waals surface area contributed by atoms with Crippen LogP contribution in [0.3, 0.4) is 0 Å². The lowest BCUT2D eigenvalue weighted by atomic mass is 9.99. The summed E-state index contributed by atoms with van der Waals surface area (Å²) in [5, 5.41) is 0. The van der Waals surface area contributed by atoms with E-state index in [1.165, 1.54) is 5.56 Å². The molecule has 1 aromatic carbocycles. The van der Waals surface area contributed by atoms with Gasteiger partial charge >= 0.3 is 0 Å². The van der Waals surface area contributed by atoms with Crippen LogP contribution in [-0.2, 0) is 15.3 Å². The van der Waals surface area contributed by atoms with Gasteiger partial charge in [-0.1, -0.05) is 30.3 Å². The third-order valence-electron chi connectivity index (χ3n) is 4.06. The summed E-state index contributed by atoms with van der Waals surface area (Å²) in [5.74, 6) is 2.17. The molecule has 0 fully saturated rings. The molecule has 0 heterocycles. The van der Waals surface area contributed by atoms with Crippen molar-refractivity contribution in [1.29, 1.82) is 0 Å². The lowest BCUT2D eigenvalue weighted by Gasteiger charge is -2.25. The standard InChI is InChI=1S/C22H32N2O2S/c1-17(13-19(3)25)23-16-22(5,24-18(2)14-20(4)26)11-12-27-15-21-9-7-6-8-10-21/h6-10H,11-16H2,1-5H3. The van der Waals surface area contributed by atoms with E-state index in [1.54, 1.807) is 13.8 Å².